The van der Waals surface area contributed by atoms with Crippen LogP contribution < -0.4 is 0 Å². The van der Waals surface area contributed by atoms with Crippen LogP contribution in [-0.2, 0) is 29.0 Å². The molecule has 1 aliphatic rings. The Morgan fingerprint density at radius 2 is 1.74 bits per heavy atom. The number of hydrogen-bond acceptors (Lipinski definition) is 5. The number of esters is 2. The number of nitrogens with zero attached hydrogens (tertiary/aromatic N) is 1. The predicted molar refractivity (Wildman–Crippen MR) is 102 cm³/mol. The summed E-state index contributed by atoms with van der Waals surface area (Å²) >= 11 is 0. The van der Waals surface area contributed by atoms with Crippen molar-refractivity contribution in [2.45, 2.75) is 40.3 Å². The minimum Gasteiger partial charge on any atom is -0.462 e. The van der Waals surface area contributed by atoms with Crippen LogP contribution >= 0.6 is 0 Å². The SMILES string of the molecule is CCOC(=O)c1[nH]c(CN2CCc3ccccc3C2)c(C(=O)OCC)c1C. The van der Waals surface area contributed by atoms with Crippen molar-refractivity contribution >= 4 is 11.9 Å². The van der Waals surface area contributed by atoms with E-state index in [1.807, 2.05) is 6.07 Å². The second-order valence-corrected chi connectivity index (χ2v) is 6.65. The zero-order valence-electron chi connectivity index (χ0n) is 16.1. The van der Waals surface area contributed by atoms with E-state index in [2.05, 4.69) is 28.1 Å². The molecule has 1 aromatic heterocycles. The molecular formula is C21H26N2O4. The van der Waals surface area contributed by atoms with E-state index in [0.29, 0.717) is 29.1 Å². The largest absolute Gasteiger partial charge is 0.462 e. The summed E-state index contributed by atoms with van der Waals surface area (Å²) in [5, 5.41) is 0. The van der Waals surface area contributed by atoms with Crippen LogP contribution in [0.2, 0.25) is 0 Å². The molecule has 144 valence electrons. The number of aromatic nitrogens is 1. The molecule has 0 atom stereocenters. The minimum absolute atomic E-state index is 0.282. The van der Waals surface area contributed by atoms with E-state index in [1.54, 1.807) is 20.8 Å². The predicted octanol–water partition coefficient (Wildman–Crippen LogP) is 3.23. The minimum atomic E-state index is -0.448. The average Bonchev–Trinajstić information content (AvgIpc) is 2.98. The van der Waals surface area contributed by atoms with E-state index in [9.17, 15) is 9.59 Å². The number of nitrogens with one attached hydrogen (secondary N) is 1. The summed E-state index contributed by atoms with van der Waals surface area (Å²) in [5.41, 5.74) is 4.73. The maximum atomic E-state index is 12.5. The summed E-state index contributed by atoms with van der Waals surface area (Å²) in [4.78, 5) is 30.2. The molecule has 27 heavy (non-hydrogen) atoms. The van der Waals surface area contributed by atoms with Crippen LogP contribution in [0, 0.1) is 6.92 Å². The summed E-state index contributed by atoms with van der Waals surface area (Å²) in [6.07, 6.45) is 0.968. The molecule has 3 rings (SSSR count). The normalized spacial score (nSPS) is 13.9. The fourth-order valence-corrected chi connectivity index (χ4v) is 3.58. The van der Waals surface area contributed by atoms with Crippen molar-refractivity contribution in [2.24, 2.45) is 0 Å². The second-order valence-electron chi connectivity index (χ2n) is 6.65. The number of hydrogen-bond donors (Lipinski definition) is 1. The highest BCUT2D eigenvalue weighted by Gasteiger charge is 2.27. The maximum absolute atomic E-state index is 12.5. The van der Waals surface area contributed by atoms with Gasteiger partial charge in [0, 0.05) is 25.3 Å². The van der Waals surface area contributed by atoms with Gasteiger partial charge >= 0.3 is 11.9 Å². The number of fused-ring (bicyclic) bond motifs is 1. The van der Waals surface area contributed by atoms with Crippen LogP contribution in [-0.4, -0.2) is 41.6 Å². The van der Waals surface area contributed by atoms with Gasteiger partial charge in [-0.3, -0.25) is 4.90 Å². The maximum Gasteiger partial charge on any atom is 0.355 e. The molecule has 0 spiro atoms. The Balaban J connectivity index is 1.88. The fraction of sp³-hybridized carbons (Fsp3) is 0.429. The molecule has 1 aliphatic heterocycles. The molecular weight excluding hydrogens is 344 g/mol. The Hall–Kier alpha value is -2.60. The number of rotatable bonds is 6. The Morgan fingerprint density at radius 3 is 2.44 bits per heavy atom. The lowest BCUT2D eigenvalue weighted by atomic mass is 9.99. The monoisotopic (exact) mass is 370 g/mol. The number of H-pyrrole nitrogens is 1. The van der Waals surface area contributed by atoms with Crippen molar-refractivity contribution < 1.29 is 19.1 Å². The first-order valence-corrected chi connectivity index (χ1v) is 9.39. The topological polar surface area (TPSA) is 71.6 Å². The lowest BCUT2D eigenvalue weighted by Crippen LogP contribution is -2.30. The number of benzene rings is 1. The van der Waals surface area contributed by atoms with Gasteiger partial charge in [-0.2, -0.15) is 0 Å². The van der Waals surface area contributed by atoms with Gasteiger partial charge in [0.25, 0.3) is 0 Å². The molecule has 6 nitrogen and oxygen atoms in total. The van der Waals surface area contributed by atoms with Gasteiger partial charge in [0.05, 0.1) is 18.8 Å². The van der Waals surface area contributed by atoms with Crippen LogP contribution in [0.4, 0.5) is 0 Å². The van der Waals surface area contributed by atoms with Crippen molar-refractivity contribution in [3.05, 3.63) is 57.9 Å². The Kier molecular flexibility index (Phi) is 5.96. The summed E-state index contributed by atoms with van der Waals surface area (Å²) < 4.78 is 10.3. The summed E-state index contributed by atoms with van der Waals surface area (Å²) in [6, 6.07) is 8.41. The zero-order valence-corrected chi connectivity index (χ0v) is 16.1. The molecule has 2 heterocycles. The van der Waals surface area contributed by atoms with Crippen molar-refractivity contribution in [1.29, 1.82) is 0 Å². The molecule has 2 aromatic rings. The number of carbonyl (C=O) groups excluding carboxylic acids is 2. The first kappa shape index (κ1) is 19.2. The van der Waals surface area contributed by atoms with Gasteiger partial charge in [0.1, 0.15) is 5.69 Å². The van der Waals surface area contributed by atoms with E-state index in [1.165, 1.54) is 11.1 Å². The standard InChI is InChI=1S/C21H26N2O4/c1-4-26-20(24)18-14(3)19(21(25)27-5-2)22-17(18)13-23-11-10-15-8-6-7-9-16(15)12-23/h6-9,22H,4-5,10-13H2,1-3H3. The third kappa shape index (κ3) is 4.06. The fourth-order valence-electron chi connectivity index (χ4n) is 3.58. The van der Waals surface area contributed by atoms with E-state index in [0.717, 1.165) is 19.5 Å². The van der Waals surface area contributed by atoms with Crippen LogP contribution in [0.3, 0.4) is 0 Å². The molecule has 0 unspecified atom stereocenters. The van der Waals surface area contributed by atoms with Gasteiger partial charge in [-0.05, 0) is 43.9 Å². The van der Waals surface area contributed by atoms with Crippen LogP contribution in [0.25, 0.3) is 0 Å². The van der Waals surface area contributed by atoms with Crippen molar-refractivity contribution in [2.75, 3.05) is 19.8 Å². The summed E-state index contributed by atoms with van der Waals surface area (Å²) in [5.74, 6) is -0.856. The molecule has 0 aliphatic carbocycles. The van der Waals surface area contributed by atoms with Crippen molar-refractivity contribution in [3.8, 4) is 0 Å². The molecule has 1 aromatic carbocycles. The van der Waals surface area contributed by atoms with Crippen molar-refractivity contribution in [1.82, 2.24) is 9.88 Å². The lowest BCUT2D eigenvalue weighted by molar-refractivity contribution is 0.0516. The quantitative estimate of drug-likeness (QED) is 0.791. The van der Waals surface area contributed by atoms with Gasteiger partial charge in [0.2, 0.25) is 0 Å². The van der Waals surface area contributed by atoms with Gasteiger partial charge in [0.15, 0.2) is 0 Å². The highest BCUT2D eigenvalue weighted by Crippen LogP contribution is 2.25. The van der Waals surface area contributed by atoms with Gasteiger partial charge in [-0.15, -0.1) is 0 Å². The third-order valence-corrected chi connectivity index (χ3v) is 4.88. The van der Waals surface area contributed by atoms with Gasteiger partial charge in [-0.1, -0.05) is 24.3 Å². The highest BCUT2D eigenvalue weighted by atomic mass is 16.5. The first-order valence-electron chi connectivity index (χ1n) is 9.39. The zero-order chi connectivity index (χ0) is 19.4. The second kappa shape index (κ2) is 8.39. The smallest absolute Gasteiger partial charge is 0.355 e. The van der Waals surface area contributed by atoms with Gasteiger partial charge in [-0.25, -0.2) is 9.59 Å². The van der Waals surface area contributed by atoms with Crippen LogP contribution in [0.5, 0.6) is 0 Å². The number of carbonyl (C=O) groups is 2. The summed E-state index contributed by atoms with van der Waals surface area (Å²) in [6.45, 7) is 8.10. The molecule has 0 saturated heterocycles. The molecule has 0 bridgehead atoms. The Morgan fingerprint density at radius 1 is 1.07 bits per heavy atom. The summed E-state index contributed by atoms with van der Waals surface area (Å²) in [7, 11) is 0. The van der Waals surface area contributed by atoms with E-state index < -0.39 is 11.9 Å². The molecule has 6 heteroatoms. The number of ether oxygens (including phenoxy) is 2. The Labute approximate surface area is 159 Å². The van der Waals surface area contributed by atoms with Crippen molar-refractivity contribution in [3.63, 3.8) is 0 Å². The third-order valence-electron chi connectivity index (χ3n) is 4.88. The molecule has 1 N–H and O–H groups in total. The van der Waals surface area contributed by atoms with E-state index in [-0.39, 0.29) is 13.2 Å². The van der Waals surface area contributed by atoms with Gasteiger partial charge < -0.3 is 14.5 Å². The lowest BCUT2D eigenvalue weighted by Gasteiger charge is -2.28. The Bertz CT molecular complexity index is 841. The van der Waals surface area contributed by atoms with Crippen LogP contribution in [0.1, 0.15) is 57.1 Å². The molecule has 0 fully saturated rings. The molecule has 0 saturated carbocycles. The van der Waals surface area contributed by atoms with Crippen LogP contribution in [0.15, 0.2) is 24.3 Å². The molecule has 0 radical (unpaired) electrons. The average molecular weight is 370 g/mol. The van der Waals surface area contributed by atoms with E-state index >= 15 is 0 Å². The first-order chi connectivity index (χ1) is 13.0. The molecule has 0 amide bonds. The van der Waals surface area contributed by atoms with E-state index in [4.69, 9.17) is 9.47 Å². The highest BCUT2D eigenvalue weighted by molar-refractivity contribution is 5.98. The number of aromatic amines is 1.